The molecule has 0 N–H and O–H groups in total. The first kappa shape index (κ1) is 17.3. The number of rotatable bonds is 3. The molecule has 0 aromatic carbocycles. The van der Waals surface area contributed by atoms with Crippen molar-refractivity contribution in [2.24, 2.45) is 0 Å². The van der Waals surface area contributed by atoms with Gasteiger partial charge in [0.1, 0.15) is 11.5 Å². The monoisotopic (exact) mass is 379 g/mol. The number of carbonyl (C=O) groups is 1. The Morgan fingerprint density at radius 1 is 1.18 bits per heavy atom. The number of piperazine rings is 1. The van der Waals surface area contributed by atoms with Gasteiger partial charge < -0.3 is 14.2 Å². The second-order valence-corrected chi connectivity index (χ2v) is 7.87. The maximum atomic E-state index is 12.9. The highest BCUT2D eigenvalue weighted by molar-refractivity contribution is 5.83. The molecule has 1 aliphatic heterocycles. The largest absolute Gasteiger partial charge is 0.463 e. The number of hydrogen-bond acceptors (Lipinski definition) is 5. The molecule has 0 spiro atoms. The molecule has 0 bridgehead atoms. The molecule has 0 radical (unpaired) electrons. The summed E-state index contributed by atoms with van der Waals surface area (Å²) < 4.78 is 7.36. The Labute approximate surface area is 163 Å². The number of nitrogens with zero attached hydrogens (tertiary/aromatic N) is 5. The summed E-state index contributed by atoms with van der Waals surface area (Å²) in [6.07, 6.45) is 6.42. The molecular formula is C21H25N5O2. The molecule has 5 rings (SSSR count). The van der Waals surface area contributed by atoms with Crippen LogP contribution in [0.5, 0.6) is 0 Å². The van der Waals surface area contributed by atoms with Crippen molar-refractivity contribution in [2.45, 2.75) is 45.6 Å². The smallest absolute Gasteiger partial charge is 0.242 e. The molecule has 7 heteroatoms. The Morgan fingerprint density at radius 2 is 2.00 bits per heavy atom. The van der Waals surface area contributed by atoms with Gasteiger partial charge in [0, 0.05) is 36.5 Å². The van der Waals surface area contributed by atoms with E-state index in [1.165, 1.54) is 12.8 Å². The number of furan rings is 1. The molecule has 146 valence electrons. The van der Waals surface area contributed by atoms with Crippen molar-refractivity contribution < 1.29 is 9.21 Å². The van der Waals surface area contributed by atoms with E-state index < -0.39 is 0 Å². The van der Waals surface area contributed by atoms with E-state index in [0.717, 1.165) is 54.3 Å². The summed E-state index contributed by atoms with van der Waals surface area (Å²) in [5, 5.41) is 4.75. The SMILES string of the molecule is Cc1nc2cc(-c3ccco3)nn2c(N2CCN(C3CCCC3)C(=O)C2)c1C. The Kier molecular flexibility index (Phi) is 4.10. The van der Waals surface area contributed by atoms with E-state index in [1.807, 2.05) is 29.6 Å². The van der Waals surface area contributed by atoms with E-state index in [-0.39, 0.29) is 5.91 Å². The van der Waals surface area contributed by atoms with Gasteiger partial charge in [-0.25, -0.2) is 4.98 Å². The molecule has 7 nitrogen and oxygen atoms in total. The fraction of sp³-hybridized carbons (Fsp3) is 0.476. The van der Waals surface area contributed by atoms with Crippen LogP contribution in [0.15, 0.2) is 28.9 Å². The van der Waals surface area contributed by atoms with E-state index in [0.29, 0.717) is 18.3 Å². The first-order valence-electron chi connectivity index (χ1n) is 10.1. The zero-order chi connectivity index (χ0) is 19.3. The van der Waals surface area contributed by atoms with E-state index in [2.05, 4.69) is 16.7 Å². The standard InChI is InChI=1S/C21H25N5O2/c1-14-15(2)22-19-12-17(18-8-5-11-28-18)23-26(19)21(14)24-9-10-25(20(27)13-24)16-6-3-4-7-16/h5,8,11-12,16H,3-4,6-7,9-10,13H2,1-2H3. The summed E-state index contributed by atoms with van der Waals surface area (Å²) in [5.74, 6) is 1.90. The predicted octanol–water partition coefficient (Wildman–Crippen LogP) is 3.20. The van der Waals surface area contributed by atoms with Crippen molar-refractivity contribution >= 4 is 17.4 Å². The second-order valence-electron chi connectivity index (χ2n) is 7.87. The Bertz CT molecular complexity index is 1020. The molecule has 3 aromatic rings. The first-order valence-corrected chi connectivity index (χ1v) is 10.1. The van der Waals surface area contributed by atoms with Crippen LogP contribution in [0, 0.1) is 13.8 Å². The molecule has 3 aromatic heterocycles. The lowest BCUT2D eigenvalue weighted by Gasteiger charge is -2.39. The van der Waals surface area contributed by atoms with Crippen molar-refractivity contribution in [3.8, 4) is 11.5 Å². The van der Waals surface area contributed by atoms with Crippen LogP contribution in [0.3, 0.4) is 0 Å². The van der Waals surface area contributed by atoms with Crippen LogP contribution in [-0.2, 0) is 4.79 Å². The number of aryl methyl sites for hydroxylation is 1. The lowest BCUT2D eigenvalue weighted by Crippen LogP contribution is -2.54. The number of carbonyl (C=O) groups excluding carboxylic acids is 1. The van der Waals surface area contributed by atoms with Crippen LogP contribution in [0.4, 0.5) is 5.82 Å². The summed E-state index contributed by atoms with van der Waals surface area (Å²) in [4.78, 5) is 21.9. The van der Waals surface area contributed by atoms with Gasteiger partial charge in [-0.2, -0.15) is 9.61 Å². The predicted molar refractivity (Wildman–Crippen MR) is 106 cm³/mol. The fourth-order valence-electron chi connectivity index (χ4n) is 4.57. The summed E-state index contributed by atoms with van der Waals surface area (Å²) in [5.41, 5.74) is 3.54. The Balaban J connectivity index is 1.51. The van der Waals surface area contributed by atoms with Crippen LogP contribution in [0.2, 0.25) is 0 Å². The Morgan fingerprint density at radius 3 is 2.71 bits per heavy atom. The fourth-order valence-corrected chi connectivity index (χ4v) is 4.57. The minimum Gasteiger partial charge on any atom is -0.463 e. The molecule has 0 unspecified atom stereocenters. The number of fused-ring (bicyclic) bond motifs is 1. The molecule has 1 saturated heterocycles. The minimum atomic E-state index is 0.221. The molecular weight excluding hydrogens is 354 g/mol. The van der Waals surface area contributed by atoms with Gasteiger partial charge in [-0.05, 0) is 38.8 Å². The number of aromatic nitrogens is 3. The van der Waals surface area contributed by atoms with Crippen molar-refractivity contribution in [2.75, 3.05) is 24.5 Å². The minimum absolute atomic E-state index is 0.221. The van der Waals surface area contributed by atoms with Crippen molar-refractivity contribution in [3.63, 3.8) is 0 Å². The maximum absolute atomic E-state index is 12.9. The van der Waals surface area contributed by atoms with Gasteiger partial charge in [-0.3, -0.25) is 4.79 Å². The highest BCUT2D eigenvalue weighted by Crippen LogP contribution is 2.30. The average molecular weight is 379 g/mol. The lowest BCUT2D eigenvalue weighted by molar-refractivity contribution is -0.133. The second kappa shape index (κ2) is 6.65. The molecule has 2 fully saturated rings. The summed E-state index contributed by atoms with van der Waals surface area (Å²) in [7, 11) is 0. The number of hydrogen-bond donors (Lipinski definition) is 0. The quantitative estimate of drug-likeness (QED) is 0.699. The molecule has 2 aliphatic rings. The summed E-state index contributed by atoms with van der Waals surface area (Å²) in [6, 6.07) is 6.12. The van der Waals surface area contributed by atoms with Gasteiger partial charge in [-0.1, -0.05) is 12.8 Å². The van der Waals surface area contributed by atoms with Gasteiger partial charge in [0.2, 0.25) is 5.91 Å². The van der Waals surface area contributed by atoms with E-state index in [4.69, 9.17) is 14.5 Å². The molecule has 1 aliphatic carbocycles. The van der Waals surface area contributed by atoms with Crippen molar-refractivity contribution in [1.82, 2.24) is 19.5 Å². The highest BCUT2D eigenvalue weighted by atomic mass is 16.3. The third-order valence-electron chi connectivity index (χ3n) is 6.15. The lowest BCUT2D eigenvalue weighted by atomic mass is 10.1. The highest BCUT2D eigenvalue weighted by Gasteiger charge is 2.33. The van der Waals surface area contributed by atoms with Crippen LogP contribution < -0.4 is 4.90 Å². The van der Waals surface area contributed by atoms with Gasteiger partial charge in [0.05, 0.1) is 12.8 Å². The normalized spacial score (nSPS) is 18.6. The average Bonchev–Trinajstić information content (AvgIpc) is 3.43. The molecule has 4 heterocycles. The third kappa shape index (κ3) is 2.77. The summed E-state index contributed by atoms with van der Waals surface area (Å²) in [6.45, 7) is 6.05. The van der Waals surface area contributed by atoms with E-state index in [9.17, 15) is 4.79 Å². The molecule has 1 amide bonds. The van der Waals surface area contributed by atoms with Crippen molar-refractivity contribution in [3.05, 3.63) is 35.7 Å². The zero-order valence-corrected chi connectivity index (χ0v) is 16.4. The van der Waals surface area contributed by atoms with Gasteiger partial charge >= 0.3 is 0 Å². The molecule has 28 heavy (non-hydrogen) atoms. The van der Waals surface area contributed by atoms with Crippen LogP contribution >= 0.6 is 0 Å². The first-order chi connectivity index (χ1) is 13.6. The number of anilines is 1. The van der Waals surface area contributed by atoms with Gasteiger partial charge in [0.15, 0.2) is 11.4 Å². The number of amides is 1. The molecule has 0 atom stereocenters. The topological polar surface area (TPSA) is 66.9 Å². The summed E-state index contributed by atoms with van der Waals surface area (Å²) >= 11 is 0. The maximum Gasteiger partial charge on any atom is 0.242 e. The third-order valence-corrected chi connectivity index (χ3v) is 6.15. The molecule has 1 saturated carbocycles. The van der Waals surface area contributed by atoms with Crippen LogP contribution in [0.25, 0.3) is 17.1 Å². The van der Waals surface area contributed by atoms with Gasteiger partial charge in [0.25, 0.3) is 0 Å². The van der Waals surface area contributed by atoms with Crippen molar-refractivity contribution in [1.29, 1.82) is 0 Å². The Hall–Kier alpha value is -2.83. The van der Waals surface area contributed by atoms with Crippen LogP contribution in [-0.4, -0.2) is 51.1 Å². The van der Waals surface area contributed by atoms with E-state index >= 15 is 0 Å². The van der Waals surface area contributed by atoms with Gasteiger partial charge in [-0.15, -0.1) is 0 Å². The van der Waals surface area contributed by atoms with Crippen LogP contribution in [0.1, 0.15) is 36.9 Å². The zero-order valence-electron chi connectivity index (χ0n) is 16.4. The van der Waals surface area contributed by atoms with E-state index in [1.54, 1.807) is 6.26 Å².